The molecule has 1 fully saturated rings. The lowest BCUT2D eigenvalue weighted by Gasteiger charge is -2.14. The van der Waals surface area contributed by atoms with Crippen molar-refractivity contribution in [1.82, 2.24) is 9.88 Å². The second-order valence-electron chi connectivity index (χ2n) is 4.30. The summed E-state index contributed by atoms with van der Waals surface area (Å²) in [6, 6.07) is 4.09. The Morgan fingerprint density at radius 1 is 1.41 bits per heavy atom. The van der Waals surface area contributed by atoms with Crippen LogP contribution in [0.25, 0.3) is 0 Å². The van der Waals surface area contributed by atoms with Crippen LogP contribution in [0.1, 0.15) is 12.1 Å². The molecule has 1 atom stereocenters. The second-order valence-corrected chi connectivity index (χ2v) is 4.30. The summed E-state index contributed by atoms with van der Waals surface area (Å²) in [5.41, 5.74) is -0.853. The Morgan fingerprint density at radius 2 is 2.18 bits per heavy atom. The molecule has 2 heterocycles. The Bertz CT molecular complexity index is 392. The number of halogens is 3. The highest BCUT2D eigenvalue weighted by molar-refractivity contribution is 5.37. The molecule has 1 saturated heterocycles. The van der Waals surface area contributed by atoms with Crippen molar-refractivity contribution in [3.05, 3.63) is 23.9 Å². The summed E-state index contributed by atoms with van der Waals surface area (Å²) >= 11 is 0. The fourth-order valence-electron chi connectivity index (χ4n) is 1.93. The van der Waals surface area contributed by atoms with Crippen LogP contribution in [0.15, 0.2) is 18.2 Å². The van der Waals surface area contributed by atoms with Crippen LogP contribution in [0.4, 0.5) is 19.0 Å². The number of aromatic nitrogens is 1. The van der Waals surface area contributed by atoms with Crippen molar-refractivity contribution in [1.29, 1.82) is 0 Å². The molecule has 17 heavy (non-hydrogen) atoms. The zero-order valence-electron chi connectivity index (χ0n) is 9.46. The first-order valence-electron chi connectivity index (χ1n) is 5.44. The first-order chi connectivity index (χ1) is 7.95. The zero-order chi connectivity index (χ0) is 12.5. The van der Waals surface area contributed by atoms with E-state index in [2.05, 4.69) is 15.2 Å². The number of likely N-dealkylation sites (tertiary alicyclic amines) is 1. The fourth-order valence-corrected chi connectivity index (χ4v) is 1.93. The minimum absolute atomic E-state index is 0.177. The van der Waals surface area contributed by atoms with Gasteiger partial charge in [0.25, 0.3) is 0 Å². The average molecular weight is 245 g/mol. The van der Waals surface area contributed by atoms with Gasteiger partial charge in [-0.15, -0.1) is 0 Å². The number of alkyl halides is 3. The Balaban J connectivity index is 2.06. The highest BCUT2D eigenvalue weighted by atomic mass is 19.4. The first-order valence-corrected chi connectivity index (χ1v) is 5.44. The number of hydrogen-bond acceptors (Lipinski definition) is 3. The van der Waals surface area contributed by atoms with E-state index in [1.54, 1.807) is 6.07 Å². The highest BCUT2D eigenvalue weighted by Gasteiger charge is 2.32. The van der Waals surface area contributed by atoms with Gasteiger partial charge in [-0.1, -0.05) is 6.07 Å². The lowest BCUT2D eigenvalue weighted by Crippen LogP contribution is -2.24. The third kappa shape index (κ3) is 3.09. The Morgan fingerprint density at radius 3 is 2.76 bits per heavy atom. The predicted octanol–water partition coefficient (Wildman–Crippen LogP) is 2.22. The van der Waals surface area contributed by atoms with E-state index in [-0.39, 0.29) is 6.04 Å². The molecule has 0 saturated carbocycles. The van der Waals surface area contributed by atoms with E-state index in [9.17, 15) is 13.2 Å². The summed E-state index contributed by atoms with van der Waals surface area (Å²) in [6.07, 6.45) is -3.46. The van der Waals surface area contributed by atoms with Gasteiger partial charge in [0.05, 0.1) is 0 Å². The monoisotopic (exact) mass is 245 g/mol. The molecule has 1 aliphatic rings. The zero-order valence-corrected chi connectivity index (χ0v) is 9.46. The van der Waals surface area contributed by atoms with E-state index < -0.39 is 11.9 Å². The van der Waals surface area contributed by atoms with Gasteiger partial charge in [0.2, 0.25) is 0 Å². The van der Waals surface area contributed by atoms with E-state index in [1.807, 2.05) is 7.05 Å². The van der Waals surface area contributed by atoms with Crippen LogP contribution < -0.4 is 5.32 Å². The molecular formula is C11H14F3N3. The molecule has 1 unspecified atom stereocenters. The van der Waals surface area contributed by atoms with Crippen molar-refractivity contribution in [2.75, 3.05) is 25.5 Å². The van der Waals surface area contributed by atoms with Gasteiger partial charge in [-0.2, -0.15) is 13.2 Å². The molecule has 1 aliphatic heterocycles. The average Bonchev–Trinajstić information content (AvgIpc) is 2.63. The molecule has 1 N–H and O–H groups in total. The Labute approximate surface area is 97.6 Å². The number of likely N-dealkylation sites (N-methyl/N-ethyl adjacent to an activating group) is 1. The fraction of sp³-hybridized carbons (Fsp3) is 0.545. The van der Waals surface area contributed by atoms with Crippen LogP contribution in [0, 0.1) is 0 Å². The van der Waals surface area contributed by atoms with Gasteiger partial charge < -0.3 is 10.2 Å². The van der Waals surface area contributed by atoms with Crippen LogP contribution in [-0.4, -0.2) is 36.1 Å². The Hall–Kier alpha value is -1.30. The summed E-state index contributed by atoms with van der Waals surface area (Å²) in [4.78, 5) is 5.71. The number of hydrogen-bond donors (Lipinski definition) is 1. The van der Waals surface area contributed by atoms with Crippen molar-refractivity contribution < 1.29 is 13.2 Å². The minimum Gasteiger partial charge on any atom is -0.366 e. The lowest BCUT2D eigenvalue weighted by molar-refractivity contribution is -0.141. The van der Waals surface area contributed by atoms with Crippen molar-refractivity contribution in [3.8, 4) is 0 Å². The van der Waals surface area contributed by atoms with Gasteiger partial charge in [0.1, 0.15) is 11.5 Å². The summed E-state index contributed by atoms with van der Waals surface area (Å²) in [5, 5.41) is 3.03. The molecule has 0 amide bonds. The van der Waals surface area contributed by atoms with Gasteiger partial charge in [-0.25, -0.2) is 4.98 Å². The van der Waals surface area contributed by atoms with Gasteiger partial charge in [0, 0.05) is 12.6 Å². The van der Waals surface area contributed by atoms with Crippen molar-refractivity contribution in [2.45, 2.75) is 18.6 Å². The van der Waals surface area contributed by atoms with Crippen LogP contribution in [0.2, 0.25) is 0 Å². The quantitative estimate of drug-likeness (QED) is 0.866. The topological polar surface area (TPSA) is 28.2 Å². The lowest BCUT2D eigenvalue weighted by atomic mass is 10.2. The molecule has 6 heteroatoms. The molecule has 1 aromatic heterocycles. The number of nitrogens with zero attached hydrogens (tertiary/aromatic N) is 2. The van der Waals surface area contributed by atoms with Gasteiger partial charge in [-0.05, 0) is 32.1 Å². The van der Waals surface area contributed by atoms with Gasteiger partial charge >= 0.3 is 6.18 Å². The van der Waals surface area contributed by atoms with Crippen LogP contribution >= 0.6 is 0 Å². The number of nitrogens with one attached hydrogen (secondary N) is 1. The molecule has 0 aliphatic carbocycles. The third-order valence-corrected chi connectivity index (χ3v) is 2.78. The normalized spacial score (nSPS) is 21.8. The highest BCUT2D eigenvalue weighted by Crippen LogP contribution is 2.28. The van der Waals surface area contributed by atoms with E-state index in [0.29, 0.717) is 5.82 Å². The van der Waals surface area contributed by atoms with Crippen molar-refractivity contribution in [3.63, 3.8) is 0 Å². The maximum atomic E-state index is 12.4. The number of rotatable bonds is 2. The smallest absolute Gasteiger partial charge is 0.366 e. The van der Waals surface area contributed by atoms with Crippen LogP contribution in [-0.2, 0) is 6.18 Å². The molecule has 0 spiro atoms. The van der Waals surface area contributed by atoms with E-state index >= 15 is 0 Å². The molecular weight excluding hydrogens is 231 g/mol. The molecule has 3 nitrogen and oxygen atoms in total. The molecule has 0 radical (unpaired) electrons. The third-order valence-electron chi connectivity index (χ3n) is 2.78. The van der Waals surface area contributed by atoms with Gasteiger partial charge in [-0.3, -0.25) is 0 Å². The second kappa shape index (κ2) is 4.52. The summed E-state index contributed by atoms with van der Waals surface area (Å²) in [5.74, 6) is 0.292. The summed E-state index contributed by atoms with van der Waals surface area (Å²) < 4.78 is 37.3. The summed E-state index contributed by atoms with van der Waals surface area (Å²) in [6.45, 7) is 1.79. The molecule has 2 rings (SSSR count). The number of anilines is 1. The van der Waals surface area contributed by atoms with Crippen molar-refractivity contribution >= 4 is 5.82 Å². The number of pyridine rings is 1. The standard InChI is InChI=1S/C11H14F3N3/c1-17-6-5-8(7-17)15-10-4-2-3-9(16-10)11(12,13)14/h2-4,8H,5-7H2,1H3,(H,15,16). The maximum Gasteiger partial charge on any atom is 0.433 e. The minimum atomic E-state index is -4.38. The van der Waals surface area contributed by atoms with Crippen LogP contribution in [0.3, 0.4) is 0 Å². The molecule has 1 aromatic rings. The van der Waals surface area contributed by atoms with Gasteiger partial charge in [0.15, 0.2) is 0 Å². The van der Waals surface area contributed by atoms with Crippen LogP contribution in [0.5, 0.6) is 0 Å². The van der Waals surface area contributed by atoms with E-state index in [1.165, 1.54) is 6.07 Å². The molecule has 0 aromatic carbocycles. The van der Waals surface area contributed by atoms with Crippen molar-refractivity contribution in [2.24, 2.45) is 0 Å². The maximum absolute atomic E-state index is 12.4. The van der Waals surface area contributed by atoms with E-state index in [4.69, 9.17) is 0 Å². The van der Waals surface area contributed by atoms with E-state index in [0.717, 1.165) is 25.6 Å². The SMILES string of the molecule is CN1CCC(Nc2cccc(C(F)(F)F)n2)C1. The first kappa shape index (κ1) is 12.2. The molecule has 94 valence electrons. The Kier molecular flexibility index (Phi) is 3.24. The predicted molar refractivity (Wildman–Crippen MR) is 58.8 cm³/mol. The molecule has 0 bridgehead atoms. The summed E-state index contributed by atoms with van der Waals surface area (Å²) in [7, 11) is 1.99. The largest absolute Gasteiger partial charge is 0.433 e.